The van der Waals surface area contributed by atoms with Crippen LogP contribution in [0.4, 0.5) is 0 Å². The molecule has 4 heteroatoms. The Labute approximate surface area is 90.8 Å². The van der Waals surface area contributed by atoms with Gasteiger partial charge in [0.05, 0.1) is 25.4 Å². The Bertz CT molecular complexity index is 200. The van der Waals surface area contributed by atoms with Gasteiger partial charge in [-0.2, -0.15) is 0 Å². The van der Waals surface area contributed by atoms with Gasteiger partial charge in [0.25, 0.3) is 0 Å². The Balaban J connectivity index is 1.78. The normalized spacial score (nSPS) is 38.4. The monoisotopic (exact) mass is 215 g/mol. The van der Waals surface area contributed by atoms with Gasteiger partial charge in [-0.3, -0.25) is 4.90 Å². The molecule has 2 fully saturated rings. The van der Waals surface area contributed by atoms with E-state index in [1.807, 2.05) is 0 Å². The lowest BCUT2D eigenvalue weighted by molar-refractivity contribution is -0.0597. The van der Waals surface area contributed by atoms with E-state index in [0.717, 1.165) is 38.9 Å². The summed E-state index contributed by atoms with van der Waals surface area (Å²) in [7, 11) is 0. The van der Waals surface area contributed by atoms with Crippen LogP contribution in [0.2, 0.25) is 0 Å². The van der Waals surface area contributed by atoms with Crippen LogP contribution in [-0.2, 0) is 4.74 Å². The van der Waals surface area contributed by atoms with Crippen molar-refractivity contribution in [3.63, 3.8) is 0 Å². The molecule has 1 heterocycles. The summed E-state index contributed by atoms with van der Waals surface area (Å²) in [5, 5.41) is 18.8. The van der Waals surface area contributed by atoms with Crippen molar-refractivity contribution in [1.29, 1.82) is 0 Å². The lowest BCUT2D eigenvalue weighted by Crippen LogP contribution is -2.46. The first-order valence-electron chi connectivity index (χ1n) is 5.92. The van der Waals surface area contributed by atoms with Crippen molar-refractivity contribution >= 4 is 0 Å². The molecule has 0 aromatic carbocycles. The van der Waals surface area contributed by atoms with Crippen LogP contribution in [0, 0.1) is 5.92 Å². The molecule has 15 heavy (non-hydrogen) atoms. The summed E-state index contributed by atoms with van der Waals surface area (Å²) >= 11 is 0. The molecule has 0 amide bonds. The Morgan fingerprint density at radius 2 is 2.20 bits per heavy atom. The zero-order valence-electron chi connectivity index (χ0n) is 9.14. The van der Waals surface area contributed by atoms with Gasteiger partial charge in [0.15, 0.2) is 0 Å². The topological polar surface area (TPSA) is 52.9 Å². The summed E-state index contributed by atoms with van der Waals surface area (Å²) in [6, 6.07) is 0. The maximum absolute atomic E-state index is 9.74. The van der Waals surface area contributed by atoms with E-state index >= 15 is 0 Å². The van der Waals surface area contributed by atoms with Crippen LogP contribution in [0.1, 0.15) is 19.3 Å². The molecule has 1 saturated heterocycles. The summed E-state index contributed by atoms with van der Waals surface area (Å²) < 4.78 is 5.39. The highest BCUT2D eigenvalue weighted by Gasteiger charge is 2.29. The number of morpholine rings is 1. The first kappa shape index (κ1) is 11.3. The number of hydrogen-bond donors (Lipinski definition) is 2. The molecule has 0 aromatic heterocycles. The van der Waals surface area contributed by atoms with Gasteiger partial charge in [0, 0.05) is 19.6 Å². The highest BCUT2D eigenvalue weighted by Crippen LogP contribution is 2.26. The average molecular weight is 215 g/mol. The smallest absolute Gasteiger partial charge is 0.0932 e. The Morgan fingerprint density at radius 3 is 2.87 bits per heavy atom. The molecule has 2 N–H and O–H groups in total. The molecule has 2 aliphatic rings. The molecule has 88 valence electrons. The van der Waals surface area contributed by atoms with E-state index in [1.165, 1.54) is 0 Å². The molecule has 3 unspecified atom stereocenters. The molecule has 0 spiro atoms. The number of aliphatic hydroxyl groups excluding tert-OH is 2. The van der Waals surface area contributed by atoms with Gasteiger partial charge in [0.1, 0.15) is 0 Å². The third-order valence-corrected chi connectivity index (χ3v) is 3.54. The van der Waals surface area contributed by atoms with Crippen molar-refractivity contribution in [2.24, 2.45) is 5.92 Å². The molecule has 0 bridgehead atoms. The number of ether oxygens (including phenoxy) is 1. The van der Waals surface area contributed by atoms with Crippen molar-refractivity contribution in [2.75, 3.05) is 32.8 Å². The Kier molecular flexibility index (Phi) is 3.97. The lowest BCUT2D eigenvalue weighted by atomic mass is 10.0. The quantitative estimate of drug-likeness (QED) is 0.687. The number of nitrogens with zero attached hydrogens (tertiary/aromatic N) is 1. The van der Waals surface area contributed by atoms with Gasteiger partial charge in [-0.05, 0) is 18.8 Å². The van der Waals surface area contributed by atoms with Crippen molar-refractivity contribution in [2.45, 2.75) is 31.5 Å². The summed E-state index contributed by atoms with van der Waals surface area (Å²) in [5.41, 5.74) is 0. The molecule has 1 aliphatic carbocycles. The van der Waals surface area contributed by atoms with E-state index in [1.54, 1.807) is 0 Å². The summed E-state index contributed by atoms with van der Waals surface area (Å²) in [6.07, 6.45) is 3.11. The van der Waals surface area contributed by atoms with Crippen molar-refractivity contribution in [3.05, 3.63) is 0 Å². The minimum atomic E-state index is -0.111. The van der Waals surface area contributed by atoms with E-state index < -0.39 is 0 Å². The number of aliphatic hydroxyl groups is 2. The van der Waals surface area contributed by atoms with Crippen molar-refractivity contribution < 1.29 is 14.9 Å². The fourth-order valence-electron chi connectivity index (χ4n) is 2.62. The Morgan fingerprint density at radius 1 is 1.33 bits per heavy atom. The van der Waals surface area contributed by atoms with Crippen LogP contribution in [0.15, 0.2) is 0 Å². The largest absolute Gasteiger partial charge is 0.394 e. The van der Waals surface area contributed by atoms with Crippen molar-refractivity contribution in [3.8, 4) is 0 Å². The second kappa shape index (κ2) is 5.25. The summed E-state index contributed by atoms with van der Waals surface area (Å²) in [6.45, 7) is 3.50. The highest BCUT2D eigenvalue weighted by molar-refractivity contribution is 4.81. The third kappa shape index (κ3) is 2.91. The second-order valence-corrected chi connectivity index (χ2v) is 4.69. The third-order valence-electron chi connectivity index (χ3n) is 3.54. The molecular weight excluding hydrogens is 194 g/mol. The van der Waals surface area contributed by atoms with Gasteiger partial charge in [-0.1, -0.05) is 6.42 Å². The summed E-state index contributed by atoms with van der Waals surface area (Å²) in [4.78, 5) is 2.31. The van der Waals surface area contributed by atoms with E-state index in [2.05, 4.69) is 4.90 Å². The van der Waals surface area contributed by atoms with Crippen LogP contribution in [-0.4, -0.2) is 60.2 Å². The van der Waals surface area contributed by atoms with Gasteiger partial charge in [-0.15, -0.1) is 0 Å². The van der Waals surface area contributed by atoms with Crippen LogP contribution in [0.3, 0.4) is 0 Å². The maximum atomic E-state index is 9.74. The first-order chi connectivity index (χ1) is 7.29. The average Bonchev–Trinajstić information content (AvgIpc) is 2.65. The molecule has 1 aliphatic heterocycles. The number of rotatable bonds is 3. The van der Waals surface area contributed by atoms with E-state index in [4.69, 9.17) is 9.84 Å². The van der Waals surface area contributed by atoms with Crippen LogP contribution in [0.5, 0.6) is 0 Å². The van der Waals surface area contributed by atoms with E-state index in [-0.39, 0.29) is 18.8 Å². The second-order valence-electron chi connectivity index (χ2n) is 4.69. The van der Waals surface area contributed by atoms with Crippen LogP contribution in [0.25, 0.3) is 0 Å². The van der Waals surface area contributed by atoms with Gasteiger partial charge in [0.2, 0.25) is 0 Å². The lowest BCUT2D eigenvalue weighted by Gasteiger charge is -2.34. The van der Waals surface area contributed by atoms with Gasteiger partial charge in [-0.25, -0.2) is 0 Å². The molecular formula is C11H21NO3. The molecule has 0 radical (unpaired) electrons. The van der Waals surface area contributed by atoms with Gasteiger partial charge >= 0.3 is 0 Å². The Hall–Kier alpha value is -0.160. The van der Waals surface area contributed by atoms with Crippen molar-refractivity contribution in [1.82, 2.24) is 4.90 Å². The zero-order chi connectivity index (χ0) is 10.7. The fraction of sp³-hybridized carbons (Fsp3) is 1.00. The number of hydrogen-bond acceptors (Lipinski definition) is 4. The molecule has 2 rings (SSSR count). The van der Waals surface area contributed by atoms with Gasteiger partial charge < -0.3 is 14.9 Å². The highest BCUT2D eigenvalue weighted by atomic mass is 16.5. The predicted octanol–water partition coefficient (Wildman–Crippen LogP) is -0.160. The molecule has 3 atom stereocenters. The van der Waals surface area contributed by atoms with E-state index in [0.29, 0.717) is 12.5 Å². The minimum absolute atomic E-state index is 0.0303. The standard InChI is InChI=1S/C11H21NO3/c13-8-10-7-12(4-5-15-10)6-9-2-1-3-11(9)14/h9-11,13-14H,1-8H2. The van der Waals surface area contributed by atoms with E-state index in [9.17, 15) is 5.11 Å². The SMILES string of the molecule is OCC1CN(CC2CCCC2O)CCO1. The minimum Gasteiger partial charge on any atom is -0.394 e. The zero-order valence-corrected chi connectivity index (χ0v) is 9.14. The fourth-order valence-corrected chi connectivity index (χ4v) is 2.62. The maximum Gasteiger partial charge on any atom is 0.0932 e. The summed E-state index contributed by atoms with van der Waals surface area (Å²) in [5.74, 6) is 0.433. The first-order valence-corrected chi connectivity index (χ1v) is 5.92. The molecule has 4 nitrogen and oxygen atoms in total. The predicted molar refractivity (Wildman–Crippen MR) is 56.6 cm³/mol. The molecule has 1 saturated carbocycles. The van der Waals surface area contributed by atoms with Crippen LogP contribution < -0.4 is 0 Å². The molecule has 0 aromatic rings. The van der Waals surface area contributed by atoms with Crippen LogP contribution >= 0.6 is 0 Å².